The van der Waals surface area contributed by atoms with Gasteiger partial charge < -0.3 is 10.1 Å². The van der Waals surface area contributed by atoms with Crippen molar-refractivity contribution in [2.45, 2.75) is 6.92 Å². The zero-order valence-corrected chi connectivity index (χ0v) is 10.4. The van der Waals surface area contributed by atoms with E-state index in [-0.39, 0.29) is 11.3 Å². The molecule has 0 radical (unpaired) electrons. The number of nitriles is 1. The van der Waals surface area contributed by atoms with Crippen molar-refractivity contribution in [2.75, 3.05) is 12.4 Å². The Bertz CT molecular complexity index is 652. The Morgan fingerprint density at radius 2 is 2.16 bits per heavy atom. The summed E-state index contributed by atoms with van der Waals surface area (Å²) >= 11 is 0. The van der Waals surface area contributed by atoms with Crippen molar-refractivity contribution in [1.29, 1.82) is 5.26 Å². The normalized spacial score (nSPS) is 9.79. The quantitative estimate of drug-likeness (QED) is 0.916. The second-order valence-electron chi connectivity index (χ2n) is 3.76. The average molecular weight is 258 g/mol. The standard InChI is InChI=1S/C13H11FN4O/c1-8-12(16-2)17-7-18-13(8)19-10-4-3-9(6-15)11(14)5-10/h3-5,7H,1-2H3,(H,16,17,18). The summed E-state index contributed by atoms with van der Waals surface area (Å²) in [6.45, 7) is 1.79. The maximum absolute atomic E-state index is 13.5. The molecule has 0 atom stereocenters. The molecule has 1 aromatic heterocycles. The van der Waals surface area contributed by atoms with E-state index in [4.69, 9.17) is 10.00 Å². The van der Waals surface area contributed by atoms with Gasteiger partial charge >= 0.3 is 0 Å². The molecule has 0 aliphatic rings. The Balaban J connectivity index is 2.32. The van der Waals surface area contributed by atoms with Crippen molar-refractivity contribution >= 4 is 5.82 Å². The molecule has 0 fully saturated rings. The molecule has 2 aromatic rings. The highest BCUT2D eigenvalue weighted by Crippen LogP contribution is 2.26. The molecule has 1 heterocycles. The zero-order chi connectivity index (χ0) is 13.8. The van der Waals surface area contributed by atoms with Crippen LogP contribution in [0, 0.1) is 24.1 Å². The summed E-state index contributed by atoms with van der Waals surface area (Å²) in [4.78, 5) is 8.02. The number of hydrogen-bond acceptors (Lipinski definition) is 5. The van der Waals surface area contributed by atoms with E-state index in [2.05, 4.69) is 15.3 Å². The highest BCUT2D eigenvalue weighted by molar-refractivity contribution is 5.48. The Hall–Kier alpha value is -2.68. The van der Waals surface area contributed by atoms with Crippen molar-refractivity contribution < 1.29 is 9.13 Å². The third-order valence-electron chi connectivity index (χ3n) is 2.55. The van der Waals surface area contributed by atoms with E-state index in [0.717, 1.165) is 11.6 Å². The maximum Gasteiger partial charge on any atom is 0.227 e. The molecule has 19 heavy (non-hydrogen) atoms. The molecule has 0 aliphatic carbocycles. The molecular formula is C13H11FN4O. The monoisotopic (exact) mass is 258 g/mol. The minimum atomic E-state index is -0.624. The second-order valence-corrected chi connectivity index (χ2v) is 3.76. The predicted octanol–water partition coefficient (Wildman–Crippen LogP) is 2.63. The summed E-state index contributed by atoms with van der Waals surface area (Å²) in [6, 6.07) is 5.78. The first-order valence-corrected chi connectivity index (χ1v) is 5.52. The molecule has 0 saturated carbocycles. The second kappa shape index (κ2) is 5.31. The molecule has 1 aromatic carbocycles. The van der Waals surface area contributed by atoms with E-state index in [1.54, 1.807) is 20.0 Å². The van der Waals surface area contributed by atoms with Gasteiger partial charge in [-0.1, -0.05) is 0 Å². The summed E-state index contributed by atoms with van der Waals surface area (Å²) in [5.74, 6) is 0.628. The van der Waals surface area contributed by atoms with Gasteiger partial charge in [0.1, 0.15) is 29.8 Å². The van der Waals surface area contributed by atoms with Gasteiger partial charge in [-0.15, -0.1) is 0 Å². The molecule has 1 N–H and O–H groups in total. The molecule has 0 spiro atoms. The molecule has 5 nitrogen and oxygen atoms in total. The van der Waals surface area contributed by atoms with Gasteiger partial charge in [-0.3, -0.25) is 0 Å². The molecular weight excluding hydrogens is 247 g/mol. The summed E-state index contributed by atoms with van der Waals surface area (Å²) in [7, 11) is 1.74. The summed E-state index contributed by atoms with van der Waals surface area (Å²) < 4.78 is 18.9. The molecule has 0 amide bonds. The summed E-state index contributed by atoms with van der Waals surface area (Å²) in [5, 5.41) is 11.6. The van der Waals surface area contributed by atoms with Crippen LogP contribution in [0.25, 0.3) is 0 Å². The van der Waals surface area contributed by atoms with E-state index < -0.39 is 5.82 Å². The van der Waals surface area contributed by atoms with Gasteiger partial charge in [0.05, 0.1) is 11.1 Å². The molecule has 0 aliphatic heterocycles. The van der Waals surface area contributed by atoms with Crippen LogP contribution in [0.5, 0.6) is 11.6 Å². The topological polar surface area (TPSA) is 70.8 Å². The van der Waals surface area contributed by atoms with Gasteiger partial charge in [0.25, 0.3) is 0 Å². The van der Waals surface area contributed by atoms with Crippen LogP contribution in [0.3, 0.4) is 0 Å². The first-order chi connectivity index (χ1) is 9.15. The third kappa shape index (κ3) is 2.60. The predicted molar refractivity (Wildman–Crippen MR) is 67.5 cm³/mol. The largest absolute Gasteiger partial charge is 0.438 e. The smallest absolute Gasteiger partial charge is 0.227 e. The van der Waals surface area contributed by atoms with Gasteiger partial charge in [-0.25, -0.2) is 14.4 Å². The van der Waals surface area contributed by atoms with Crippen molar-refractivity contribution in [3.8, 4) is 17.7 Å². The first-order valence-electron chi connectivity index (χ1n) is 5.52. The molecule has 96 valence electrons. The van der Waals surface area contributed by atoms with Gasteiger partial charge in [-0.05, 0) is 19.1 Å². The van der Waals surface area contributed by atoms with E-state index in [9.17, 15) is 4.39 Å². The SMILES string of the molecule is CNc1ncnc(Oc2ccc(C#N)c(F)c2)c1C. The van der Waals surface area contributed by atoms with Crippen LogP contribution in [0.1, 0.15) is 11.1 Å². The molecule has 0 bridgehead atoms. The lowest BCUT2D eigenvalue weighted by Gasteiger charge is -2.10. The van der Waals surface area contributed by atoms with E-state index >= 15 is 0 Å². The van der Waals surface area contributed by atoms with Crippen LogP contribution in [0.4, 0.5) is 10.2 Å². The lowest BCUT2D eigenvalue weighted by molar-refractivity contribution is 0.453. The Labute approximate surface area is 109 Å². The highest BCUT2D eigenvalue weighted by atomic mass is 19.1. The van der Waals surface area contributed by atoms with E-state index in [1.165, 1.54) is 18.5 Å². The van der Waals surface area contributed by atoms with Gasteiger partial charge in [0, 0.05) is 13.1 Å². The van der Waals surface area contributed by atoms with Crippen LogP contribution in [0.15, 0.2) is 24.5 Å². The minimum Gasteiger partial charge on any atom is -0.438 e. The molecule has 6 heteroatoms. The number of benzene rings is 1. The fourth-order valence-electron chi connectivity index (χ4n) is 1.55. The van der Waals surface area contributed by atoms with Crippen molar-refractivity contribution in [3.63, 3.8) is 0 Å². The number of nitrogens with zero attached hydrogens (tertiary/aromatic N) is 3. The van der Waals surface area contributed by atoms with Gasteiger partial charge in [-0.2, -0.15) is 5.26 Å². The van der Waals surface area contributed by atoms with Crippen LogP contribution in [-0.2, 0) is 0 Å². The Kier molecular flexibility index (Phi) is 3.57. The fraction of sp³-hybridized carbons (Fsp3) is 0.154. The minimum absolute atomic E-state index is 0.0253. The number of nitrogens with one attached hydrogen (secondary N) is 1. The third-order valence-corrected chi connectivity index (χ3v) is 2.55. The zero-order valence-electron chi connectivity index (χ0n) is 10.4. The molecule has 0 saturated heterocycles. The number of aromatic nitrogens is 2. The highest BCUT2D eigenvalue weighted by Gasteiger charge is 2.09. The molecule has 0 unspecified atom stereocenters. The van der Waals surface area contributed by atoms with Crippen LogP contribution in [0.2, 0.25) is 0 Å². The Morgan fingerprint density at radius 3 is 2.79 bits per heavy atom. The van der Waals surface area contributed by atoms with Crippen LogP contribution in [-0.4, -0.2) is 17.0 Å². The van der Waals surface area contributed by atoms with E-state index in [0.29, 0.717) is 11.7 Å². The number of rotatable bonds is 3. The first kappa shape index (κ1) is 12.8. The molecule has 2 rings (SSSR count). The van der Waals surface area contributed by atoms with Crippen LogP contribution >= 0.6 is 0 Å². The van der Waals surface area contributed by atoms with Gasteiger partial charge in [0.2, 0.25) is 5.88 Å². The van der Waals surface area contributed by atoms with Crippen molar-refractivity contribution in [2.24, 2.45) is 0 Å². The van der Waals surface area contributed by atoms with Crippen molar-refractivity contribution in [1.82, 2.24) is 9.97 Å². The number of ether oxygens (including phenoxy) is 1. The fourth-order valence-corrected chi connectivity index (χ4v) is 1.55. The number of hydrogen-bond donors (Lipinski definition) is 1. The maximum atomic E-state index is 13.5. The van der Waals surface area contributed by atoms with E-state index in [1.807, 2.05) is 0 Å². The number of halogens is 1. The summed E-state index contributed by atoms with van der Waals surface area (Å²) in [5.41, 5.74) is 0.692. The lowest BCUT2D eigenvalue weighted by Crippen LogP contribution is -2.00. The van der Waals surface area contributed by atoms with Gasteiger partial charge in [0.15, 0.2) is 0 Å². The average Bonchev–Trinajstić information content (AvgIpc) is 2.41. The van der Waals surface area contributed by atoms with Crippen molar-refractivity contribution in [3.05, 3.63) is 41.5 Å². The number of anilines is 1. The summed E-state index contributed by atoms with van der Waals surface area (Å²) in [6.07, 6.45) is 1.36. The van der Waals surface area contributed by atoms with Crippen LogP contribution < -0.4 is 10.1 Å². The lowest BCUT2D eigenvalue weighted by atomic mass is 10.2. The Morgan fingerprint density at radius 1 is 1.37 bits per heavy atom.